The van der Waals surface area contributed by atoms with Crippen LogP contribution < -0.4 is 16.6 Å². The molecule has 98 valence electrons. The number of nitrogens with one attached hydrogen (secondary N) is 3. The third kappa shape index (κ3) is 2.06. The van der Waals surface area contributed by atoms with Crippen LogP contribution in [0.2, 0.25) is 0 Å². The maximum Gasteiger partial charge on any atom is 0.241 e. The Balaban J connectivity index is 1.91. The van der Waals surface area contributed by atoms with Gasteiger partial charge in [0.05, 0.1) is 18.1 Å². The summed E-state index contributed by atoms with van der Waals surface area (Å²) in [6.45, 7) is 0.546. The Labute approximate surface area is 108 Å². The Bertz CT molecular complexity index is 698. The van der Waals surface area contributed by atoms with E-state index in [0.717, 1.165) is 11.2 Å². The minimum Gasteiger partial charge on any atom is -0.362 e. The normalized spacial score (nSPS) is 10.8. The van der Waals surface area contributed by atoms with Crippen LogP contribution in [0.15, 0.2) is 18.6 Å². The largest absolute Gasteiger partial charge is 0.362 e. The molecule has 0 saturated heterocycles. The van der Waals surface area contributed by atoms with E-state index in [1.165, 1.54) is 0 Å². The predicted octanol–water partition coefficient (Wildman–Crippen LogP) is -0.0159. The molecule has 0 fully saturated rings. The zero-order valence-corrected chi connectivity index (χ0v) is 10.3. The fraction of sp³-hybridized carbons (Fsp3) is 0.200. The fourth-order valence-corrected chi connectivity index (χ4v) is 1.76. The van der Waals surface area contributed by atoms with E-state index in [-0.39, 0.29) is 0 Å². The first kappa shape index (κ1) is 11.4. The third-order valence-corrected chi connectivity index (χ3v) is 2.77. The van der Waals surface area contributed by atoms with Crippen molar-refractivity contribution in [3.05, 3.63) is 24.4 Å². The third-order valence-electron chi connectivity index (χ3n) is 2.77. The zero-order valence-electron chi connectivity index (χ0n) is 10.3. The first-order valence-electron chi connectivity index (χ1n) is 5.65. The van der Waals surface area contributed by atoms with Crippen LogP contribution in [-0.4, -0.2) is 29.7 Å². The van der Waals surface area contributed by atoms with Crippen molar-refractivity contribution in [3.8, 4) is 0 Å². The summed E-state index contributed by atoms with van der Waals surface area (Å²) in [5, 5.41) is 10.7. The summed E-state index contributed by atoms with van der Waals surface area (Å²) in [6, 6.07) is 0. The predicted molar refractivity (Wildman–Crippen MR) is 70.0 cm³/mol. The molecule has 0 bridgehead atoms. The van der Waals surface area contributed by atoms with Gasteiger partial charge in [0.2, 0.25) is 5.95 Å². The lowest BCUT2D eigenvalue weighted by atomic mass is 10.4. The van der Waals surface area contributed by atoms with Gasteiger partial charge in [-0.15, -0.1) is 0 Å². The van der Waals surface area contributed by atoms with Crippen molar-refractivity contribution in [2.75, 3.05) is 10.7 Å². The lowest BCUT2D eigenvalue weighted by Gasteiger charge is -2.08. The van der Waals surface area contributed by atoms with Crippen LogP contribution in [0.3, 0.4) is 0 Å². The van der Waals surface area contributed by atoms with E-state index in [0.29, 0.717) is 24.0 Å². The van der Waals surface area contributed by atoms with Crippen molar-refractivity contribution in [1.29, 1.82) is 0 Å². The van der Waals surface area contributed by atoms with Gasteiger partial charge in [0.25, 0.3) is 0 Å². The maximum absolute atomic E-state index is 5.34. The molecule has 0 aliphatic rings. The van der Waals surface area contributed by atoms with Crippen molar-refractivity contribution < 1.29 is 0 Å². The van der Waals surface area contributed by atoms with Gasteiger partial charge in [0, 0.05) is 19.4 Å². The zero-order chi connectivity index (χ0) is 13.2. The number of rotatable bonds is 4. The molecule has 3 rings (SSSR count). The van der Waals surface area contributed by atoms with E-state index in [4.69, 9.17) is 5.84 Å². The van der Waals surface area contributed by atoms with Gasteiger partial charge < -0.3 is 9.88 Å². The summed E-state index contributed by atoms with van der Waals surface area (Å²) in [5.41, 5.74) is 3.04. The second-order valence-electron chi connectivity index (χ2n) is 3.98. The van der Waals surface area contributed by atoms with E-state index < -0.39 is 0 Å². The molecule has 19 heavy (non-hydrogen) atoms. The monoisotopic (exact) mass is 259 g/mol. The molecule has 9 nitrogen and oxygen atoms in total. The lowest BCUT2D eigenvalue weighted by molar-refractivity contribution is 0.811. The van der Waals surface area contributed by atoms with Gasteiger partial charge in [-0.05, 0) is 0 Å². The number of hydrogen-bond acceptors (Lipinski definition) is 7. The number of fused-ring (bicyclic) bond motifs is 1. The highest BCUT2D eigenvalue weighted by Gasteiger charge is 2.09. The van der Waals surface area contributed by atoms with Gasteiger partial charge >= 0.3 is 0 Å². The number of aromatic amines is 1. The van der Waals surface area contributed by atoms with Gasteiger partial charge in [-0.3, -0.25) is 10.5 Å². The molecule has 3 aromatic heterocycles. The number of hydrogen-bond donors (Lipinski definition) is 4. The number of nitrogens with zero attached hydrogens (tertiary/aromatic N) is 5. The van der Waals surface area contributed by atoms with Gasteiger partial charge in [-0.2, -0.15) is 15.1 Å². The Kier molecular flexibility index (Phi) is 2.72. The highest BCUT2D eigenvalue weighted by molar-refractivity contribution is 5.86. The molecule has 0 spiro atoms. The molecule has 3 aromatic rings. The summed E-state index contributed by atoms with van der Waals surface area (Å²) in [7, 11) is 1.93. The molecule has 5 N–H and O–H groups in total. The molecule has 0 amide bonds. The summed E-state index contributed by atoms with van der Waals surface area (Å²) < 4.78 is 1.93. The highest BCUT2D eigenvalue weighted by atomic mass is 15.3. The van der Waals surface area contributed by atoms with Crippen LogP contribution >= 0.6 is 0 Å². The smallest absolute Gasteiger partial charge is 0.241 e. The molecule has 0 aliphatic heterocycles. The molecule has 0 aliphatic carbocycles. The number of nitrogen functional groups attached to an aromatic ring is 1. The minimum absolute atomic E-state index is 0.319. The Morgan fingerprint density at radius 1 is 1.42 bits per heavy atom. The summed E-state index contributed by atoms with van der Waals surface area (Å²) >= 11 is 0. The van der Waals surface area contributed by atoms with E-state index in [2.05, 4.69) is 35.9 Å². The van der Waals surface area contributed by atoms with Crippen molar-refractivity contribution >= 4 is 22.8 Å². The number of aryl methyl sites for hydroxylation is 1. The maximum atomic E-state index is 5.34. The Morgan fingerprint density at radius 3 is 3.05 bits per heavy atom. The topological polar surface area (TPSA) is 122 Å². The first-order valence-corrected chi connectivity index (χ1v) is 5.65. The summed E-state index contributed by atoms with van der Waals surface area (Å²) in [4.78, 5) is 12.7. The SMILES string of the molecule is Cn1ccnc1CNc1nc(NN)nc2[nH]ncc12. The number of anilines is 2. The van der Waals surface area contributed by atoms with Crippen molar-refractivity contribution in [1.82, 2.24) is 29.7 Å². The molecule has 9 heteroatoms. The first-order chi connectivity index (χ1) is 9.28. The van der Waals surface area contributed by atoms with Crippen molar-refractivity contribution in [3.63, 3.8) is 0 Å². The summed E-state index contributed by atoms with van der Waals surface area (Å²) in [5.74, 6) is 7.21. The average molecular weight is 259 g/mol. The van der Waals surface area contributed by atoms with Crippen LogP contribution in [0.4, 0.5) is 11.8 Å². The van der Waals surface area contributed by atoms with Gasteiger partial charge in [-0.25, -0.2) is 10.8 Å². The number of aromatic nitrogens is 6. The lowest BCUT2D eigenvalue weighted by Crippen LogP contribution is -2.13. The number of H-pyrrole nitrogens is 1. The van der Waals surface area contributed by atoms with E-state index in [1.807, 2.05) is 17.8 Å². The van der Waals surface area contributed by atoms with Crippen LogP contribution in [0.25, 0.3) is 11.0 Å². The van der Waals surface area contributed by atoms with E-state index in [9.17, 15) is 0 Å². The average Bonchev–Trinajstić information content (AvgIpc) is 3.04. The molecule has 0 saturated carbocycles. The second-order valence-corrected chi connectivity index (χ2v) is 3.98. The van der Waals surface area contributed by atoms with Gasteiger partial charge in [0.15, 0.2) is 5.65 Å². The number of nitrogens with two attached hydrogens (primary N) is 1. The Morgan fingerprint density at radius 2 is 2.32 bits per heavy atom. The molecular weight excluding hydrogens is 246 g/mol. The fourth-order valence-electron chi connectivity index (χ4n) is 1.76. The van der Waals surface area contributed by atoms with Crippen LogP contribution in [-0.2, 0) is 13.6 Å². The quantitative estimate of drug-likeness (QED) is 0.383. The molecule has 0 atom stereocenters. The Hall–Kier alpha value is -2.68. The molecule has 0 aromatic carbocycles. The van der Waals surface area contributed by atoms with Crippen LogP contribution in [0, 0.1) is 0 Å². The second kappa shape index (κ2) is 4.53. The minimum atomic E-state index is 0.319. The van der Waals surface area contributed by atoms with Crippen molar-refractivity contribution in [2.24, 2.45) is 12.9 Å². The van der Waals surface area contributed by atoms with Gasteiger partial charge in [-0.1, -0.05) is 0 Å². The van der Waals surface area contributed by atoms with E-state index >= 15 is 0 Å². The molecule has 0 radical (unpaired) electrons. The van der Waals surface area contributed by atoms with E-state index in [1.54, 1.807) is 12.4 Å². The summed E-state index contributed by atoms with van der Waals surface area (Å²) in [6.07, 6.45) is 5.30. The molecule has 0 unspecified atom stereocenters. The van der Waals surface area contributed by atoms with Crippen LogP contribution in [0.1, 0.15) is 5.82 Å². The van der Waals surface area contributed by atoms with Gasteiger partial charge in [0.1, 0.15) is 11.6 Å². The number of hydrazine groups is 1. The van der Waals surface area contributed by atoms with Crippen LogP contribution in [0.5, 0.6) is 0 Å². The number of imidazole rings is 1. The standard InChI is InChI=1S/C10H13N9/c1-19-3-2-12-7(19)5-13-8-6-4-14-18-9(6)16-10(15-8)17-11/h2-4H,5,11H2,1H3,(H3,13,14,15,16,17,18). The highest BCUT2D eigenvalue weighted by Crippen LogP contribution is 2.19. The molecular formula is C10H13N9. The molecule has 3 heterocycles. The van der Waals surface area contributed by atoms with Crippen molar-refractivity contribution in [2.45, 2.75) is 6.54 Å².